The zero-order valence-corrected chi connectivity index (χ0v) is 19.8. The fourth-order valence-corrected chi connectivity index (χ4v) is 5.48. The lowest BCUT2D eigenvalue weighted by atomic mass is 10.1. The van der Waals surface area contributed by atoms with Gasteiger partial charge in [-0.15, -0.1) is 0 Å². The molecule has 0 aliphatic rings. The molecule has 0 fully saturated rings. The highest BCUT2D eigenvalue weighted by Crippen LogP contribution is 2.18. The number of nitrogens with one attached hydrogen (secondary N) is 2. The predicted octanol–water partition coefficient (Wildman–Crippen LogP) is 2.64. The van der Waals surface area contributed by atoms with Gasteiger partial charge in [0.15, 0.2) is 0 Å². The van der Waals surface area contributed by atoms with Gasteiger partial charge in [0.2, 0.25) is 26.0 Å². The van der Waals surface area contributed by atoms with Gasteiger partial charge in [-0.3, -0.25) is 4.79 Å². The Morgan fingerprint density at radius 3 is 2.00 bits per heavy atom. The van der Waals surface area contributed by atoms with E-state index < -0.39 is 20.0 Å². The molecule has 2 N–H and O–H groups in total. The van der Waals surface area contributed by atoms with E-state index in [-0.39, 0.29) is 28.7 Å². The Bertz CT molecular complexity index is 1120. The quantitative estimate of drug-likeness (QED) is 0.558. The summed E-state index contributed by atoms with van der Waals surface area (Å²) in [7, 11) is -7.27. The summed E-state index contributed by atoms with van der Waals surface area (Å²) in [4.78, 5) is 12.4. The van der Waals surface area contributed by atoms with Gasteiger partial charge in [0, 0.05) is 31.7 Å². The maximum absolute atomic E-state index is 12.5. The fraction of sp³-hybridized carbons (Fsp3) is 0.381. The lowest BCUT2D eigenvalue weighted by molar-refractivity contribution is -0.116. The molecule has 170 valence electrons. The standard InChI is InChI=1S/C21H29N3O5S2/c1-5-24(6-2)31(28,29)19-11-8-18(9-12-19)23-21(25)13-14-22-30(26,27)20-10-7-16(3)17(4)15-20/h7-12,15,22H,5-6,13-14H2,1-4H3,(H,23,25). The molecular formula is C21H29N3O5S2. The van der Waals surface area contributed by atoms with Crippen LogP contribution in [0.2, 0.25) is 0 Å². The Hall–Kier alpha value is -2.27. The third-order valence-electron chi connectivity index (χ3n) is 4.91. The van der Waals surface area contributed by atoms with Crippen molar-refractivity contribution in [2.75, 3.05) is 25.0 Å². The van der Waals surface area contributed by atoms with Crippen LogP contribution in [0.15, 0.2) is 52.3 Å². The summed E-state index contributed by atoms with van der Waals surface area (Å²) in [5, 5.41) is 2.64. The van der Waals surface area contributed by atoms with E-state index >= 15 is 0 Å². The summed E-state index contributed by atoms with van der Waals surface area (Å²) in [5.41, 5.74) is 2.29. The van der Waals surface area contributed by atoms with Crippen molar-refractivity contribution in [1.29, 1.82) is 0 Å². The van der Waals surface area contributed by atoms with Gasteiger partial charge >= 0.3 is 0 Å². The summed E-state index contributed by atoms with van der Waals surface area (Å²) < 4.78 is 53.5. The van der Waals surface area contributed by atoms with Crippen LogP contribution in [-0.4, -0.2) is 46.7 Å². The number of sulfonamides is 2. The molecule has 0 saturated carbocycles. The highest BCUT2D eigenvalue weighted by molar-refractivity contribution is 7.89. The minimum Gasteiger partial charge on any atom is -0.326 e. The van der Waals surface area contributed by atoms with Crippen molar-refractivity contribution in [2.24, 2.45) is 0 Å². The molecule has 0 aliphatic heterocycles. The van der Waals surface area contributed by atoms with E-state index in [1.165, 1.54) is 34.6 Å². The zero-order valence-electron chi connectivity index (χ0n) is 18.2. The van der Waals surface area contributed by atoms with Crippen LogP contribution < -0.4 is 10.0 Å². The molecule has 2 aromatic rings. The summed E-state index contributed by atoms with van der Waals surface area (Å²) in [6.07, 6.45) is -0.0659. The van der Waals surface area contributed by atoms with E-state index in [9.17, 15) is 21.6 Å². The second-order valence-electron chi connectivity index (χ2n) is 7.06. The van der Waals surface area contributed by atoms with Crippen molar-refractivity contribution in [3.8, 4) is 0 Å². The number of benzene rings is 2. The summed E-state index contributed by atoms with van der Waals surface area (Å²) in [5.74, 6) is -0.387. The number of amides is 1. The van der Waals surface area contributed by atoms with Gasteiger partial charge in [-0.25, -0.2) is 21.6 Å². The lowest BCUT2D eigenvalue weighted by Crippen LogP contribution is -2.30. The normalized spacial score (nSPS) is 12.2. The van der Waals surface area contributed by atoms with Crippen molar-refractivity contribution in [3.63, 3.8) is 0 Å². The molecule has 0 spiro atoms. The predicted molar refractivity (Wildman–Crippen MR) is 121 cm³/mol. The number of hydrogen-bond acceptors (Lipinski definition) is 5. The zero-order chi connectivity index (χ0) is 23.2. The van der Waals surface area contributed by atoms with Crippen LogP contribution in [0.4, 0.5) is 5.69 Å². The van der Waals surface area contributed by atoms with Crippen molar-refractivity contribution in [3.05, 3.63) is 53.6 Å². The van der Waals surface area contributed by atoms with Gasteiger partial charge < -0.3 is 5.32 Å². The minimum atomic E-state index is -3.70. The first-order valence-electron chi connectivity index (χ1n) is 9.98. The Kier molecular flexibility index (Phi) is 8.35. The number of carbonyl (C=O) groups is 1. The molecule has 8 nitrogen and oxygen atoms in total. The first kappa shape index (κ1) is 25.0. The highest BCUT2D eigenvalue weighted by Gasteiger charge is 2.21. The Balaban J connectivity index is 1.93. The summed E-state index contributed by atoms with van der Waals surface area (Å²) in [6, 6.07) is 10.7. The molecule has 0 bridgehead atoms. The topological polar surface area (TPSA) is 113 Å². The largest absolute Gasteiger partial charge is 0.326 e. The molecule has 0 unspecified atom stereocenters. The van der Waals surface area contributed by atoms with Crippen LogP contribution in [0.3, 0.4) is 0 Å². The van der Waals surface area contributed by atoms with Gasteiger partial charge in [-0.05, 0) is 61.4 Å². The van der Waals surface area contributed by atoms with E-state index in [2.05, 4.69) is 10.0 Å². The van der Waals surface area contributed by atoms with Crippen molar-refractivity contribution >= 4 is 31.6 Å². The molecule has 0 atom stereocenters. The smallest absolute Gasteiger partial charge is 0.243 e. The fourth-order valence-electron chi connectivity index (χ4n) is 2.91. The van der Waals surface area contributed by atoms with E-state index in [1.807, 2.05) is 13.8 Å². The molecule has 0 aromatic heterocycles. The third kappa shape index (κ3) is 6.36. The second-order valence-corrected chi connectivity index (χ2v) is 10.8. The molecule has 0 aliphatic carbocycles. The number of anilines is 1. The first-order valence-corrected chi connectivity index (χ1v) is 12.9. The van der Waals surface area contributed by atoms with Gasteiger partial charge in [-0.1, -0.05) is 19.9 Å². The van der Waals surface area contributed by atoms with E-state index in [0.29, 0.717) is 18.8 Å². The summed E-state index contributed by atoms with van der Waals surface area (Å²) >= 11 is 0. The number of hydrogen-bond donors (Lipinski definition) is 2. The molecule has 2 rings (SSSR count). The van der Waals surface area contributed by atoms with Crippen LogP contribution >= 0.6 is 0 Å². The van der Waals surface area contributed by atoms with Gasteiger partial charge in [-0.2, -0.15) is 4.31 Å². The van der Waals surface area contributed by atoms with Crippen LogP contribution in [0.1, 0.15) is 31.4 Å². The second kappa shape index (κ2) is 10.4. The molecule has 1 amide bonds. The molecule has 2 aromatic carbocycles. The Labute approximate surface area is 184 Å². The molecule has 0 radical (unpaired) electrons. The number of carbonyl (C=O) groups excluding carboxylic acids is 1. The van der Waals surface area contributed by atoms with Crippen molar-refractivity contribution in [2.45, 2.75) is 43.9 Å². The van der Waals surface area contributed by atoms with E-state index in [0.717, 1.165) is 11.1 Å². The van der Waals surface area contributed by atoms with E-state index in [1.54, 1.807) is 26.0 Å². The highest BCUT2D eigenvalue weighted by atomic mass is 32.2. The minimum absolute atomic E-state index is 0.0600. The molecular weight excluding hydrogens is 438 g/mol. The number of nitrogens with zero attached hydrogens (tertiary/aromatic N) is 1. The SMILES string of the molecule is CCN(CC)S(=O)(=O)c1ccc(NC(=O)CCNS(=O)(=O)c2ccc(C)c(C)c2)cc1. The summed E-state index contributed by atoms with van der Waals surface area (Å²) in [6.45, 7) is 7.95. The molecule has 0 heterocycles. The monoisotopic (exact) mass is 467 g/mol. The molecule has 0 saturated heterocycles. The van der Waals surface area contributed by atoms with Crippen LogP contribution in [-0.2, 0) is 24.8 Å². The Morgan fingerprint density at radius 2 is 1.45 bits per heavy atom. The van der Waals surface area contributed by atoms with Gasteiger partial charge in [0.1, 0.15) is 0 Å². The van der Waals surface area contributed by atoms with Gasteiger partial charge in [0.25, 0.3) is 0 Å². The van der Waals surface area contributed by atoms with Gasteiger partial charge in [0.05, 0.1) is 9.79 Å². The van der Waals surface area contributed by atoms with Crippen molar-refractivity contribution < 1.29 is 21.6 Å². The van der Waals surface area contributed by atoms with Crippen LogP contribution in [0.25, 0.3) is 0 Å². The van der Waals surface area contributed by atoms with Crippen LogP contribution in [0.5, 0.6) is 0 Å². The molecule has 10 heteroatoms. The average Bonchev–Trinajstić information content (AvgIpc) is 2.71. The Morgan fingerprint density at radius 1 is 0.871 bits per heavy atom. The maximum atomic E-state index is 12.5. The first-order chi connectivity index (χ1) is 14.5. The lowest BCUT2D eigenvalue weighted by Gasteiger charge is -2.18. The van der Waals surface area contributed by atoms with E-state index in [4.69, 9.17) is 0 Å². The number of rotatable bonds is 10. The van der Waals surface area contributed by atoms with Crippen LogP contribution in [0, 0.1) is 13.8 Å². The third-order valence-corrected chi connectivity index (χ3v) is 8.44. The molecule has 31 heavy (non-hydrogen) atoms. The maximum Gasteiger partial charge on any atom is 0.243 e. The number of aryl methyl sites for hydroxylation is 2. The average molecular weight is 468 g/mol. The van der Waals surface area contributed by atoms with Crippen molar-refractivity contribution in [1.82, 2.24) is 9.03 Å².